The summed E-state index contributed by atoms with van der Waals surface area (Å²) in [5.74, 6) is 1.10. The first-order valence-electron chi connectivity index (χ1n) is 12.8. The van der Waals surface area contributed by atoms with Gasteiger partial charge >= 0.3 is 6.09 Å². The number of likely N-dealkylation sites (tertiary alicyclic amines) is 1. The zero-order valence-electron chi connectivity index (χ0n) is 21.6. The molecular weight excluding hydrogens is 486 g/mol. The van der Waals surface area contributed by atoms with E-state index in [1.807, 2.05) is 78.9 Å². The van der Waals surface area contributed by atoms with Gasteiger partial charge in [-0.2, -0.15) is 0 Å². The van der Waals surface area contributed by atoms with Crippen molar-refractivity contribution in [2.45, 2.75) is 37.8 Å². The van der Waals surface area contributed by atoms with Crippen LogP contribution in [0.5, 0.6) is 11.5 Å². The summed E-state index contributed by atoms with van der Waals surface area (Å²) in [4.78, 5) is 12.8. The largest absolute Gasteiger partial charge is 0.497 e. The fraction of sp³-hybridized carbons (Fsp3) is 0.367. The fourth-order valence-corrected chi connectivity index (χ4v) is 4.57. The normalized spacial score (nSPS) is 19.2. The van der Waals surface area contributed by atoms with Gasteiger partial charge in [-0.3, -0.25) is 0 Å². The van der Waals surface area contributed by atoms with Crippen molar-refractivity contribution in [3.8, 4) is 11.5 Å². The lowest BCUT2D eigenvalue weighted by molar-refractivity contribution is -0.0660. The molecule has 8 nitrogen and oxygen atoms in total. The maximum atomic E-state index is 11.6. The van der Waals surface area contributed by atoms with E-state index in [4.69, 9.17) is 18.9 Å². The lowest BCUT2D eigenvalue weighted by atomic mass is 9.84. The highest BCUT2D eigenvalue weighted by molar-refractivity contribution is 5.65. The van der Waals surface area contributed by atoms with Crippen molar-refractivity contribution in [2.24, 2.45) is 0 Å². The molecule has 4 rings (SSSR count). The average molecular weight is 522 g/mol. The van der Waals surface area contributed by atoms with Crippen molar-refractivity contribution in [1.29, 1.82) is 0 Å². The van der Waals surface area contributed by atoms with Gasteiger partial charge in [-0.15, -0.1) is 0 Å². The number of methoxy groups -OCH3 is 1. The Hall–Kier alpha value is -3.59. The summed E-state index contributed by atoms with van der Waals surface area (Å²) in [7, 11) is 1.61. The van der Waals surface area contributed by atoms with Crippen LogP contribution in [0.15, 0.2) is 78.9 Å². The van der Waals surface area contributed by atoms with E-state index in [1.54, 1.807) is 7.11 Å². The van der Waals surface area contributed by atoms with Gasteiger partial charge in [-0.1, -0.05) is 54.6 Å². The minimum Gasteiger partial charge on any atom is -0.497 e. The molecule has 202 valence electrons. The predicted octanol–water partition coefficient (Wildman–Crippen LogP) is 4.70. The van der Waals surface area contributed by atoms with E-state index in [0.29, 0.717) is 26.4 Å². The lowest BCUT2D eigenvalue weighted by Crippen LogP contribution is -2.53. The van der Waals surface area contributed by atoms with Crippen LogP contribution in [0.1, 0.15) is 29.0 Å². The molecule has 1 saturated heterocycles. The Balaban J connectivity index is 1.31. The molecular formula is C30H35NO7. The molecule has 3 aromatic carbocycles. The van der Waals surface area contributed by atoms with Crippen molar-refractivity contribution in [3.63, 3.8) is 0 Å². The van der Waals surface area contributed by atoms with Gasteiger partial charge in [0.25, 0.3) is 0 Å². The second kappa shape index (κ2) is 13.8. The van der Waals surface area contributed by atoms with Crippen molar-refractivity contribution >= 4 is 6.09 Å². The van der Waals surface area contributed by atoms with Gasteiger partial charge in [0.2, 0.25) is 0 Å². The molecule has 38 heavy (non-hydrogen) atoms. The molecule has 1 aliphatic rings. The van der Waals surface area contributed by atoms with Crippen LogP contribution in [0.2, 0.25) is 0 Å². The zero-order valence-corrected chi connectivity index (χ0v) is 21.6. The van der Waals surface area contributed by atoms with Crippen LogP contribution in [0, 0.1) is 0 Å². The number of hydrogen-bond donors (Lipinski definition) is 2. The number of aliphatic hydroxyl groups excluding tert-OH is 1. The first-order chi connectivity index (χ1) is 18.5. The van der Waals surface area contributed by atoms with Gasteiger partial charge in [-0.05, 0) is 41.0 Å². The molecule has 3 atom stereocenters. The molecule has 2 N–H and O–H groups in total. The Morgan fingerprint density at radius 1 is 0.868 bits per heavy atom. The van der Waals surface area contributed by atoms with E-state index in [-0.39, 0.29) is 19.0 Å². The molecule has 1 amide bonds. The van der Waals surface area contributed by atoms with E-state index in [2.05, 4.69) is 0 Å². The van der Waals surface area contributed by atoms with Crippen LogP contribution in [-0.2, 0) is 22.7 Å². The third-order valence-electron chi connectivity index (χ3n) is 6.59. The summed E-state index contributed by atoms with van der Waals surface area (Å²) >= 11 is 0. The average Bonchev–Trinajstić information content (AvgIpc) is 2.94. The number of amides is 1. The number of piperidine rings is 1. The molecule has 0 bridgehead atoms. The number of β-amino-alcohol motifs (C(OH)–C–C–N with tert-alkyl or cyclic N) is 1. The summed E-state index contributed by atoms with van der Waals surface area (Å²) in [6.07, 6.45) is -1.71. The summed E-state index contributed by atoms with van der Waals surface area (Å²) in [5.41, 5.74) is 2.95. The van der Waals surface area contributed by atoms with Crippen LogP contribution in [-0.4, -0.2) is 66.8 Å². The molecule has 0 radical (unpaired) electrons. The van der Waals surface area contributed by atoms with Crippen molar-refractivity contribution in [3.05, 3.63) is 95.6 Å². The number of rotatable bonds is 12. The van der Waals surface area contributed by atoms with Crippen LogP contribution < -0.4 is 9.47 Å². The van der Waals surface area contributed by atoms with Crippen molar-refractivity contribution in [1.82, 2.24) is 4.90 Å². The molecule has 0 aliphatic carbocycles. The molecule has 0 aromatic heterocycles. The second-order valence-corrected chi connectivity index (χ2v) is 9.29. The minimum absolute atomic E-state index is 0.0314. The summed E-state index contributed by atoms with van der Waals surface area (Å²) in [6.45, 7) is 2.22. The van der Waals surface area contributed by atoms with Gasteiger partial charge in [0.1, 0.15) is 11.5 Å². The topological polar surface area (TPSA) is 97.7 Å². The number of hydrogen-bond acceptors (Lipinski definition) is 6. The van der Waals surface area contributed by atoms with Crippen LogP contribution in [0.25, 0.3) is 0 Å². The Kier molecular flexibility index (Phi) is 9.97. The maximum Gasteiger partial charge on any atom is 0.407 e. The smallest absolute Gasteiger partial charge is 0.407 e. The third-order valence-corrected chi connectivity index (χ3v) is 6.59. The van der Waals surface area contributed by atoms with Crippen LogP contribution in [0.3, 0.4) is 0 Å². The zero-order chi connectivity index (χ0) is 26.7. The number of carbonyl (C=O) groups is 1. The Morgan fingerprint density at radius 2 is 1.55 bits per heavy atom. The second-order valence-electron chi connectivity index (χ2n) is 9.29. The first-order valence-corrected chi connectivity index (χ1v) is 12.8. The van der Waals surface area contributed by atoms with Crippen molar-refractivity contribution in [2.75, 3.05) is 33.4 Å². The number of carboxylic acid groups (broad SMARTS) is 1. The third kappa shape index (κ3) is 7.71. The predicted molar refractivity (Wildman–Crippen MR) is 143 cm³/mol. The molecule has 1 aliphatic heterocycles. The van der Waals surface area contributed by atoms with E-state index >= 15 is 0 Å². The molecule has 3 aromatic rings. The summed E-state index contributed by atoms with van der Waals surface area (Å²) in [6, 6.07) is 25.1. The summed E-state index contributed by atoms with van der Waals surface area (Å²) < 4.78 is 22.9. The quantitative estimate of drug-likeness (QED) is 0.333. The van der Waals surface area contributed by atoms with E-state index < -0.39 is 18.3 Å². The Bertz CT molecular complexity index is 1120. The van der Waals surface area contributed by atoms with Gasteiger partial charge in [0.05, 0.1) is 58.8 Å². The van der Waals surface area contributed by atoms with Gasteiger partial charge in [0.15, 0.2) is 0 Å². The number of ether oxygens (including phenoxy) is 4. The van der Waals surface area contributed by atoms with Crippen molar-refractivity contribution < 1.29 is 34.0 Å². The molecule has 3 unspecified atom stereocenters. The highest BCUT2D eigenvalue weighted by Crippen LogP contribution is 2.33. The molecule has 0 spiro atoms. The van der Waals surface area contributed by atoms with Crippen LogP contribution in [0.4, 0.5) is 4.79 Å². The monoisotopic (exact) mass is 521 g/mol. The Labute approximate surface area is 223 Å². The highest BCUT2D eigenvalue weighted by atomic mass is 16.5. The van der Waals surface area contributed by atoms with Crippen LogP contribution >= 0.6 is 0 Å². The number of aliphatic hydroxyl groups is 1. The highest BCUT2D eigenvalue weighted by Gasteiger charge is 2.39. The molecule has 1 heterocycles. The molecule has 0 saturated carbocycles. The van der Waals surface area contributed by atoms with Gasteiger partial charge < -0.3 is 34.1 Å². The Morgan fingerprint density at radius 3 is 2.24 bits per heavy atom. The van der Waals surface area contributed by atoms with E-state index in [9.17, 15) is 15.0 Å². The first kappa shape index (κ1) is 27.4. The SMILES string of the molecule is COc1ccc(COC2CN(C(=O)O)CC(O)C2c2ccc(OCCCOCc3ccccc3)cc2)cc1. The fourth-order valence-electron chi connectivity index (χ4n) is 4.57. The minimum atomic E-state index is -1.07. The lowest BCUT2D eigenvalue weighted by Gasteiger charge is -2.40. The van der Waals surface area contributed by atoms with Gasteiger partial charge in [0, 0.05) is 12.3 Å². The number of nitrogens with zero attached hydrogens (tertiary/aromatic N) is 1. The maximum absolute atomic E-state index is 11.6. The summed E-state index contributed by atoms with van der Waals surface area (Å²) in [5, 5.41) is 20.4. The van der Waals surface area contributed by atoms with Gasteiger partial charge in [-0.25, -0.2) is 4.79 Å². The molecule has 8 heteroatoms. The molecule has 1 fully saturated rings. The van der Waals surface area contributed by atoms with E-state index in [0.717, 1.165) is 34.6 Å². The standard InChI is InChI=1S/C30H35NO7/c1-35-25-12-8-23(9-13-25)21-38-28-19-31(30(33)34)18-27(32)29(28)24-10-14-26(15-11-24)37-17-5-16-36-20-22-6-3-2-4-7-22/h2-4,6-15,27-29,32H,5,16-21H2,1H3,(H,33,34). The number of benzene rings is 3. The van der Waals surface area contributed by atoms with E-state index in [1.165, 1.54) is 4.90 Å².